The number of likely N-dealkylation sites (tertiary alicyclic amines) is 1. The number of aromatic nitrogens is 2. The number of hydrogen-bond acceptors (Lipinski definition) is 4. The van der Waals surface area contributed by atoms with Gasteiger partial charge in [0.2, 0.25) is 0 Å². The van der Waals surface area contributed by atoms with Crippen molar-refractivity contribution >= 4 is 17.5 Å². The molecule has 0 radical (unpaired) electrons. The molecule has 1 aromatic heterocycles. The summed E-state index contributed by atoms with van der Waals surface area (Å²) in [6.07, 6.45) is 2.00. The Morgan fingerprint density at radius 3 is 2.50 bits per heavy atom. The second-order valence-corrected chi connectivity index (χ2v) is 5.12. The molecular weight excluding hydrogens is 252 g/mol. The van der Waals surface area contributed by atoms with E-state index in [1.807, 2.05) is 4.90 Å². The Morgan fingerprint density at radius 2 is 2.00 bits per heavy atom. The summed E-state index contributed by atoms with van der Waals surface area (Å²) >= 11 is 5.65. The maximum Gasteiger partial charge on any atom is 0.274 e. The summed E-state index contributed by atoms with van der Waals surface area (Å²) in [5.41, 5.74) is 0.364. The predicted molar refractivity (Wildman–Crippen MR) is 69.7 cm³/mol. The zero-order chi connectivity index (χ0) is 13.1. The molecule has 2 heterocycles. The second-order valence-electron chi connectivity index (χ2n) is 4.73. The lowest BCUT2D eigenvalue weighted by atomic mass is 10.0. The topological polar surface area (TPSA) is 49.3 Å². The number of carbonyl (C=O) groups is 1. The summed E-state index contributed by atoms with van der Waals surface area (Å²) in [5, 5.41) is 7.83. The molecule has 0 N–H and O–H groups in total. The van der Waals surface area contributed by atoms with Crippen molar-refractivity contribution in [2.24, 2.45) is 0 Å². The first-order chi connectivity index (χ1) is 8.58. The van der Waals surface area contributed by atoms with Gasteiger partial charge in [-0.25, -0.2) is 0 Å². The first-order valence-corrected chi connectivity index (χ1v) is 6.40. The SMILES string of the molecule is CN(C)C1CCN(C(=O)c2ccc(Cl)nn2)CC1. The molecule has 1 aliphatic rings. The zero-order valence-corrected chi connectivity index (χ0v) is 11.4. The van der Waals surface area contributed by atoms with E-state index in [0.717, 1.165) is 25.9 Å². The number of halogens is 1. The third kappa shape index (κ3) is 2.97. The third-order valence-electron chi connectivity index (χ3n) is 3.33. The highest BCUT2D eigenvalue weighted by Gasteiger charge is 2.25. The van der Waals surface area contributed by atoms with Gasteiger partial charge in [0.15, 0.2) is 10.8 Å². The van der Waals surface area contributed by atoms with Gasteiger partial charge >= 0.3 is 0 Å². The second kappa shape index (κ2) is 5.63. The Morgan fingerprint density at radius 1 is 1.33 bits per heavy atom. The lowest BCUT2D eigenvalue weighted by Crippen LogP contribution is -2.44. The van der Waals surface area contributed by atoms with Gasteiger partial charge in [-0.3, -0.25) is 4.79 Å². The highest BCUT2D eigenvalue weighted by Crippen LogP contribution is 2.16. The Labute approximate surface area is 112 Å². The van der Waals surface area contributed by atoms with Gasteiger partial charge in [0.25, 0.3) is 5.91 Å². The van der Waals surface area contributed by atoms with Gasteiger partial charge < -0.3 is 9.80 Å². The highest BCUT2D eigenvalue weighted by atomic mass is 35.5. The Kier molecular flexibility index (Phi) is 4.14. The maximum absolute atomic E-state index is 12.2. The Balaban J connectivity index is 1.97. The van der Waals surface area contributed by atoms with Crippen LogP contribution in [0.25, 0.3) is 0 Å². The van der Waals surface area contributed by atoms with Crippen molar-refractivity contribution in [3.63, 3.8) is 0 Å². The predicted octanol–water partition coefficient (Wildman–Crippen LogP) is 1.30. The van der Waals surface area contributed by atoms with Crippen LogP contribution in [0.15, 0.2) is 12.1 Å². The molecule has 0 saturated carbocycles. The molecule has 98 valence electrons. The van der Waals surface area contributed by atoms with Crippen LogP contribution in [0.2, 0.25) is 5.15 Å². The van der Waals surface area contributed by atoms with E-state index in [1.165, 1.54) is 0 Å². The average Bonchev–Trinajstić information content (AvgIpc) is 2.39. The van der Waals surface area contributed by atoms with E-state index in [-0.39, 0.29) is 5.91 Å². The van der Waals surface area contributed by atoms with Gasteiger partial charge in [-0.15, -0.1) is 10.2 Å². The van der Waals surface area contributed by atoms with Gasteiger partial charge in [-0.05, 0) is 39.1 Å². The lowest BCUT2D eigenvalue weighted by Gasteiger charge is -2.34. The van der Waals surface area contributed by atoms with Crippen LogP contribution < -0.4 is 0 Å². The fourth-order valence-electron chi connectivity index (χ4n) is 2.18. The first-order valence-electron chi connectivity index (χ1n) is 6.03. The van der Waals surface area contributed by atoms with E-state index in [0.29, 0.717) is 16.9 Å². The molecule has 0 unspecified atom stereocenters. The molecule has 1 aromatic rings. The Hall–Kier alpha value is -1.20. The standard InChI is InChI=1S/C12H17ClN4O/c1-16(2)9-5-7-17(8-6-9)12(18)10-3-4-11(13)15-14-10/h3-4,9H,5-8H2,1-2H3. The number of rotatable bonds is 2. The fourth-order valence-corrected chi connectivity index (χ4v) is 2.28. The van der Waals surface area contributed by atoms with E-state index in [9.17, 15) is 4.79 Å². The molecule has 18 heavy (non-hydrogen) atoms. The van der Waals surface area contributed by atoms with Crippen LogP contribution in [0.4, 0.5) is 0 Å². The van der Waals surface area contributed by atoms with Crippen LogP contribution >= 0.6 is 11.6 Å². The Bertz CT molecular complexity index is 413. The van der Waals surface area contributed by atoms with Crippen LogP contribution in [0.3, 0.4) is 0 Å². The summed E-state index contributed by atoms with van der Waals surface area (Å²) in [6, 6.07) is 3.77. The third-order valence-corrected chi connectivity index (χ3v) is 3.53. The molecule has 2 rings (SSSR count). The van der Waals surface area contributed by atoms with Crippen LogP contribution in [0, 0.1) is 0 Å². The molecular formula is C12H17ClN4O. The van der Waals surface area contributed by atoms with Crippen molar-refractivity contribution in [1.29, 1.82) is 0 Å². The molecule has 5 nitrogen and oxygen atoms in total. The molecule has 0 spiro atoms. The molecule has 0 aromatic carbocycles. The number of nitrogens with zero attached hydrogens (tertiary/aromatic N) is 4. The van der Waals surface area contributed by atoms with E-state index >= 15 is 0 Å². The largest absolute Gasteiger partial charge is 0.337 e. The minimum atomic E-state index is -0.0589. The van der Waals surface area contributed by atoms with Gasteiger partial charge in [0.05, 0.1) is 0 Å². The van der Waals surface area contributed by atoms with Gasteiger partial charge in [-0.2, -0.15) is 0 Å². The van der Waals surface area contributed by atoms with Crippen LogP contribution in [0.1, 0.15) is 23.3 Å². The average molecular weight is 269 g/mol. The minimum Gasteiger partial charge on any atom is -0.337 e. The summed E-state index contributed by atoms with van der Waals surface area (Å²) in [5.74, 6) is -0.0589. The number of hydrogen-bond donors (Lipinski definition) is 0. The van der Waals surface area contributed by atoms with Crippen LogP contribution in [-0.4, -0.2) is 59.1 Å². The summed E-state index contributed by atoms with van der Waals surface area (Å²) in [7, 11) is 4.15. The molecule has 0 atom stereocenters. The quantitative estimate of drug-likeness (QED) is 0.811. The van der Waals surface area contributed by atoms with E-state index in [1.54, 1.807) is 12.1 Å². The van der Waals surface area contributed by atoms with Crippen LogP contribution in [0.5, 0.6) is 0 Å². The number of amides is 1. The van der Waals surface area contributed by atoms with Crippen molar-refractivity contribution in [2.75, 3.05) is 27.2 Å². The van der Waals surface area contributed by atoms with Crippen molar-refractivity contribution < 1.29 is 4.79 Å². The summed E-state index contributed by atoms with van der Waals surface area (Å²) < 4.78 is 0. The normalized spacial score (nSPS) is 17.2. The minimum absolute atomic E-state index is 0.0589. The van der Waals surface area contributed by atoms with Crippen molar-refractivity contribution in [3.05, 3.63) is 23.0 Å². The number of carbonyl (C=O) groups excluding carboxylic acids is 1. The van der Waals surface area contributed by atoms with E-state index in [4.69, 9.17) is 11.6 Å². The van der Waals surface area contributed by atoms with E-state index in [2.05, 4.69) is 29.2 Å². The lowest BCUT2D eigenvalue weighted by molar-refractivity contribution is 0.0656. The summed E-state index contributed by atoms with van der Waals surface area (Å²) in [6.45, 7) is 1.54. The molecule has 6 heteroatoms. The first kappa shape index (κ1) is 13.2. The molecule has 0 bridgehead atoms. The fraction of sp³-hybridized carbons (Fsp3) is 0.583. The molecule has 1 amide bonds. The molecule has 1 saturated heterocycles. The van der Waals surface area contributed by atoms with E-state index < -0.39 is 0 Å². The molecule has 1 fully saturated rings. The van der Waals surface area contributed by atoms with Crippen LogP contribution in [-0.2, 0) is 0 Å². The van der Waals surface area contributed by atoms with Gasteiger partial charge in [0.1, 0.15) is 0 Å². The monoisotopic (exact) mass is 268 g/mol. The molecule has 1 aliphatic heterocycles. The zero-order valence-electron chi connectivity index (χ0n) is 10.6. The van der Waals surface area contributed by atoms with Crippen molar-refractivity contribution in [1.82, 2.24) is 20.0 Å². The highest BCUT2D eigenvalue weighted by molar-refractivity contribution is 6.29. The molecule has 0 aliphatic carbocycles. The number of piperidine rings is 1. The van der Waals surface area contributed by atoms with Crippen molar-refractivity contribution in [3.8, 4) is 0 Å². The van der Waals surface area contributed by atoms with Gasteiger partial charge in [-0.1, -0.05) is 11.6 Å². The smallest absolute Gasteiger partial charge is 0.274 e. The maximum atomic E-state index is 12.2. The van der Waals surface area contributed by atoms with Gasteiger partial charge in [0, 0.05) is 19.1 Å². The summed E-state index contributed by atoms with van der Waals surface area (Å²) in [4.78, 5) is 16.2. The van der Waals surface area contributed by atoms with Crippen molar-refractivity contribution in [2.45, 2.75) is 18.9 Å².